The third kappa shape index (κ3) is 7.48. The van der Waals surface area contributed by atoms with Gasteiger partial charge in [-0.15, -0.1) is 0 Å². The number of piperidine rings is 1. The number of guanidine groups is 1. The second-order valence-electron chi connectivity index (χ2n) is 6.52. The van der Waals surface area contributed by atoms with Crippen molar-refractivity contribution in [1.29, 1.82) is 0 Å². The average Bonchev–Trinajstić information content (AvgIpc) is 2.55. The molecule has 0 saturated carbocycles. The topological polar surface area (TPSA) is 39.7 Å². The van der Waals surface area contributed by atoms with Crippen LogP contribution in [0.25, 0.3) is 0 Å². The van der Waals surface area contributed by atoms with Gasteiger partial charge < -0.3 is 15.5 Å². The summed E-state index contributed by atoms with van der Waals surface area (Å²) in [6, 6.07) is 0.581. The molecule has 1 saturated heterocycles. The molecule has 0 atom stereocenters. The Hall–Kier alpha value is -0.770. The van der Waals surface area contributed by atoms with Crippen LogP contribution in [0.15, 0.2) is 4.99 Å². The summed E-state index contributed by atoms with van der Waals surface area (Å²) >= 11 is 0. The SMILES string of the molecule is CCCCN1CCC(NC(=NCC(CC)CC)NCC)CC1. The molecular weight excluding hydrogens is 272 g/mol. The van der Waals surface area contributed by atoms with Crippen molar-refractivity contribution in [2.45, 2.75) is 72.3 Å². The van der Waals surface area contributed by atoms with Gasteiger partial charge in [-0.2, -0.15) is 0 Å². The van der Waals surface area contributed by atoms with Crippen LogP contribution in [-0.4, -0.2) is 49.6 Å². The Labute approximate surface area is 138 Å². The molecule has 1 rings (SSSR count). The molecular formula is C18H38N4. The van der Waals surface area contributed by atoms with E-state index in [0.717, 1.165) is 19.0 Å². The predicted molar refractivity (Wildman–Crippen MR) is 97.6 cm³/mol. The molecule has 0 unspecified atom stereocenters. The first kappa shape index (κ1) is 19.3. The lowest BCUT2D eigenvalue weighted by molar-refractivity contribution is 0.203. The third-order valence-corrected chi connectivity index (χ3v) is 4.76. The van der Waals surface area contributed by atoms with Crippen LogP contribution in [0.2, 0.25) is 0 Å². The van der Waals surface area contributed by atoms with E-state index in [9.17, 15) is 0 Å². The van der Waals surface area contributed by atoms with E-state index in [0.29, 0.717) is 12.0 Å². The van der Waals surface area contributed by atoms with E-state index in [1.165, 1.54) is 58.2 Å². The van der Waals surface area contributed by atoms with Gasteiger partial charge in [-0.1, -0.05) is 40.0 Å². The Balaban J connectivity index is 2.39. The van der Waals surface area contributed by atoms with Crippen molar-refractivity contribution in [3.05, 3.63) is 0 Å². The minimum absolute atomic E-state index is 0.581. The summed E-state index contributed by atoms with van der Waals surface area (Å²) in [5, 5.41) is 7.05. The van der Waals surface area contributed by atoms with Gasteiger partial charge in [0.1, 0.15) is 0 Å². The minimum atomic E-state index is 0.581. The molecule has 0 spiro atoms. The van der Waals surface area contributed by atoms with Crippen LogP contribution in [0.5, 0.6) is 0 Å². The molecule has 2 N–H and O–H groups in total. The maximum absolute atomic E-state index is 4.80. The first-order chi connectivity index (χ1) is 10.7. The number of hydrogen-bond acceptors (Lipinski definition) is 2. The smallest absolute Gasteiger partial charge is 0.191 e. The number of hydrogen-bond donors (Lipinski definition) is 2. The highest BCUT2D eigenvalue weighted by Crippen LogP contribution is 2.11. The van der Waals surface area contributed by atoms with Crippen molar-refractivity contribution in [2.75, 3.05) is 32.7 Å². The lowest BCUT2D eigenvalue weighted by Gasteiger charge is -2.33. The van der Waals surface area contributed by atoms with Gasteiger partial charge >= 0.3 is 0 Å². The number of unbranched alkanes of at least 4 members (excludes halogenated alkanes) is 1. The van der Waals surface area contributed by atoms with Crippen LogP contribution in [-0.2, 0) is 0 Å². The molecule has 1 aliphatic rings. The summed E-state index contributed by atoms with van der Waals surface area (Å²) in [5.74, 6) is 1.73. The molecule has 0 aromatic carbocycles. The van der Waals surface area contributed by atoms with Crippen LogP contribution in [0.3, 0.4) is 0 Å². The van der Waals surface area contributed by atoms with Gasteiger partial charge in [0.25, 0.3) is 0 Å². The van der Waals surface area contributed by atoms with Crippen LogP contribution < -0.4 is 10.6 Å². The van der Waals surface area contributed by atoms with Gasteiger partial charge in [-0.25, -0.2) is 0 Å². The molecule has 1 aliphatic heterocycles. The Kier molecular flexibility index (Phi) is 10.3. The van der Waals surface area contributed by atoms with Crippen molar-refractivity contribution in [3.63, 3.8) is 0 Å². The Morgan fingerprint density at radius 1 is 1.14 bits per heavy atom. The Bertz CT molecular complexity index is 291. The summed E-state index contributed by atoms with van der Waals surface area (Å²) in [7, 11) is 0. The molecule has 0 bridgehead atoms. The zero-order chi connectivity index (χ0) is 16.2. The van der Waals surface area contributed by atoms with Crippen LogP contribution >= 0.6 is 0 Å². The second-order valence-corrected chi connectivity index (χ2v) is 6.52. The van der Waals surface area contributed by atoms with Crippen molar-refractivity contribution >= 4 is 5.96 Å². The standard InChI is InChI=1S/C18H38N4/c1-5-9-12-22-13-10-17(11-14-22)21-18(19-8-4)20-15-16(6-2)7-3/h16-17H,5-15H2,1-4H3,(H2,19,20,21). The van der Waals surface area contributed by atoms with E-state index >= 15 is 0 Å². The summed E-state index contributed by atoms with van der Waals surface area (Å²) in [6.45, 7) is 14.5. The van der Waals surface area contributed by atoms with E-state index in [2.05, 4.69) is 43.2 Å². The van der Waals surface area contributed by atoms with Gasteiger partial charge in [-0.3, -0.25) is 4.99 Å². The van der Waals surface area contributed by atoms with Gasteiger partial charge in [0.05, 0.1) is 0 Å². The molecule has 130 valence electrons. The molecule has 4 nitrogen and oxygen atoms in total. The number of nitrogens with one attached hydrogen (secondary N) is 2. The molecule has 22 heavy (non-hydrogen) atoms. The summed E-state index contributed by atoms with van der Waals surface area (Å²) < 4.78 is 0. The average molecular weight is 311 g/mol. The molecule has 0 radical (unpaired) electrons. The van der Waals surface area contributed by atoms with Crippen molar-refractivity contribution in [2.24, 2.45) is 10.9 Å². The lowest BCUT2D eigenvalue weighted by atomic mass is 10.0. The highest BCUT2D eigenvalue weighted by Gasteiger charge is 2.19. The summed E-state index contributed by atoms with van der Waals surface area (Å²) in [5.41, 5.74) is 0. The van der Waals surface area contributed by atoms with E-state index < -0.39 is 0 Å². The van der Waals surface area contributed by atoms with Crippen LogP contribution in [0.4, 0.5) is 0 Å². The van der Waals surface area contributed by atoms with Crippen molar-refractivity contribution in [1.82, 2.24) is 15.5 Å². The first-order valence-corrected chi connectivity index (χ1v) is 9.50. The summed E-state index contributed by atoms with van der Waals surface area (Å²) in [4.78, 5) is 7.41. The van der Waals surface area contributed by atoms with Crippen molar-refractivity contribution < 1.29 is 0 Å². The van der Waals surface area contributed by atoms with Gasteiger partial charge in [0.15, 0.2) is 5.96 Å². The Morgan fingerprint density at radius 2 is 1.82 bits per heavy atom. The zero-order valence-corrected chi connectivity index (χ0v) is 15.3. The van der Waals surface area contributed by atoms with Gasteiger partial charge in [-0.05, 0) is 38.6 Å². The number of rotatable bonds is 9. The van der Waals surface area contributed by atoms with Crippen LogP contribution in [0, 0.1) is 5.92 Å². The predicted octanol–water partition coefficient (Wildman–Crippen LogP) is 3.24. The molecule has 0 aliphatic carbocycles. The molecule has 0 aromatic heterocycles. The van der Waals surface area contributed by atoms with Gasteiger partial charge in [0.2, 0.25) is 0 Å². The second kappa shape index (κ2) is 11.8. The molecule has 1 heterocycles. The maximum Gasteiger partial charge on any atom is 0.191 e. The quantitative estimate of drug-likeness (QED) is 0.507. The third-order valence-electron chi connectivity index (χ3n) is 4.76. The van der Waals surface area contributed by atoms with E-state index in [1.54, 1.807) is 0 Å². The van der Waals surface area contributed by atoms with Crippen LogP contribution in [0.1, 0.15) is 66.2 Å². The molecule has 0 amide bonds. The van der Waals surface area contributed by atoms with Crippen molar-refractivity contribution in [3.8, 4) is 0 Å². The summed E-state index contributed by atoms with van der Waals surface area (Å²) in [6.07, 6.45) is 7.53. The Morgan fingerprint density at radius 3 is 2.36 bits per heavy atom. The highest BCUT2D eigenvalue weighted by molar-refractivity contribution is 5.80. The fraction of sp³-hybridized carbons (Fsp3) is 0.944. The monoisotopic (exact) mass is 310 g/mol. The first-order valence-electron chi connectivity index (χ1n) is 9.50. The number of likely N-dealkylation sites (tertiary alicyclic amines) is 1. The lowest BCUT2D eigenvalue weighted by Crippen LogP contribution is -2.48. The van der Waals surface area contributed by atoms with E-state index in [-0.39, 0.29) is 0 Å². The van der Waals surface area contributed by atoms with Gasteiger partial charge in [0, 0.05) is 32.2 Å². The fourth-order valence-corrected chi connectivity index (χ4v) is 2.96. The normalized spacial score (nSPS) is 18.0. The molecule has 1 fully saturated rings. The molecule has 0 aromatic rings. The minimum Gasteiger partial charge on any atom is -0.357 e. The highest BCUT2D eigenvalue weighted by atomic mass is 15.2. The maximum atomic E-state index is 4.80. The molecule has 4 heteroatoms. The fourth-order valence-electron chi connectivity index (χ4n) is 2.96. The van der Waals surface area contributed by atoms with E-state index in [4.69, 9.17) is 4.99 Å². The zero-order valence-electron chi connectivity index (χ0n) is 15.3. The number of aliphatic imine (C=N–C) groups is 1. The number of nitrogens with zero attached hydrogens (tertiary/aromatic N) is 2. The van der Waals surface area contributed by atoms with E-state index in [1.807, 2.05) is 0 Å². The largest absolute Gasteiger partial charge is 0.357 e.